The number of carbonyl (C=O) groups is 2. The van der Waals surface area contributed by atoms with Crippen molar-refractivity contribution in [2.45, 2.75) is 94.0 Å². The van der Waals surface area contributed by atoms with Crippen LogP contribution in [0.1, 0.15) is 46.0 Å². The number of nitrogens with zero attached hydrogens (tertiary/aromatic N) is 1. The molecule has 2 amide bonds. The fourth-order valence-electron chi connectivity index (χ4n) is 6.02. The number of ether oxygens (including phenoxy) is 2. The van der Waals surface area contributed by atoms with E-state index in [1.807, 2.05) is 0 Å². The average Bonchev–Trinajstić information content (AvgIpc) is 3.11. The molecule has 0 aliphatic carbocycles. The van der Waals surface area contributed by atoms with Crippen molar-refractivity contribution in [2.24, 2.45) is 17.8 Å². The van der Waals surface area contributed by atoms with Crippen molar-refractivity contribution in [1.29, 1.82) is 0 Å². The Balaban J connectivity index is 1.81. The Morgan fingerprint density at radius 3 is 2.53 bits per heavy atom. The van der Waals surface area contributed by atoms with Crippen molar-refractivity contribution in [3.8, 4) is 0 Å². The second kappa shape index (κ2) is 14.1. The van der Waals surface area contributed by atoms with Crippen LogP contribution in [0.2, 0.25) is 0 Å². The van der Waals surface area contributed by atoms with E-state index in [1.165, 1.54) is 11.8 Å². The molecule has 10 atom stereocenters. The number of likely N-dealkylation sites (tertiary alicyclic amines) is 1. The summed E-state index contributed by atoms with van der Waals surface area (Å²) in [5.74, 6) is 0.763. The largest absolute Gasteiger partial charge is 0.465 e. The molecule has 0 aromatic carbocycles. The number of nitrogens with one attached hydrogen (secondary N) is 1. The van der Waals surface area contributed by atoms with Crippen LogP contribution in [0, 0.1) is 17.8 Å². The molecule has 0 aromatic heterocycles. The maximum absolute atomic E-state index is 13.7. The summed E-state index contributed by atoms with van der Waals surface area (Å²) >= 11 is 1.23. The minimum atomic E-state index is -1.48. The number of rotatable bonds is 11. The number of allylic oxidation sites excluding steroid dienone is 1. The second-order valence-electron chi connectivity index (χ2n) is 11.0. The number of thioether (sulfide) groups is 1. The number of aliphatic hydroxyl groups is 3. The molecule has 3 heterocycles. The van der Waals surface area contributed by atoms with Gasteiger partial charge in [-0.2, -0.15) is 0 Å². The summed E-state index contributed by atoms with van der Waals surface area (Å²) in [5, 5.41) is 44.6. The first kappa shape index (κ1) is 30.9. The van der Waals surface area contributed by atoms with Gasteiger partial charge in [-0.15, -0.1) is 24.9 Å². The van der Waals surface area contributed by atoms with Crippen LogP contribution in [-0.2, 0) is 14.3 Å². The zero-order valence-corrected chi connectivity index (χ0v) is 23.2. The maximum atomic E-state index is 13.7. The molecule has 5 N–H and O–H groups in total. The van der Waals surface area contributed by atoms with Gasteiger partial charge in [-0.05, 0) is 43.9 Å². The molecule has 10 nitrogen and oxygen atoms in total. The van der Waals surface area contributed by atoms with E-state index in [0.29, 0.717) is 37.0 Å². The Morgan fingerprint density at radius 1 is 1.16 bits per heavy atom. The fraction of sp³-hybridized carbons (Fsp3) is 0.778. The minimum absolute atomic E-state index is 0.0899. The van der Waals surface area contributed by atoms with E-state index >= 15 is 0 Å². The molecule has 3 aliphatic rings. The Kier molecular flexibility index (Phi) is 11.5. The van der Waals surface area contributed by atoms with E-state index in [0.717, 1.165) is 24.2 Å². The van der Waals surface area contributed by atoms with Crippen LogP contribution in [0.5, 0.6) is 0 Å². The van der Waals surface area contributed by atoms with Gasteiger partial charge in [0.25, 0.3) is 0 Å². The molecular formula is C27H44N2O8S. The van der Waals surface area contributed by atoms with Crippen molar-refractivity contribution in [3.05, 3.63) is 25.3 Å². The van der Waals surface area contributed by atoms with E-state index in [2.05, 4.69) is 32.3 Å². The summed E-state index contributed by atoms with van der Waals surface area (Å²) in [6, 6.07) is -1.80. The summed E-state index contributed by atoms with van der Waals surface area (Å²) < 4.78 is 12.1. The van der Waals surface area contributed by atoms with Crippen molar-refractivity contribution in [1.82, 2.24) is 10.2 Å². The third kappa shape index (κ3) is 7.31. The van der Waals surface area contributed by atoms with E-state index < -0.39 is 60.0 Å². The molecule has 216 valence electrons. The summed E-state index contributed by atoms with van der Waals surface area (Å²) in [7, 11) is 0. The molecule has 38 heavy (non-hydrogen) atoms. The van der Waals surface area contributed by atoms with Gasteiger partial charge in [0.15, 0.2) is 0 Å². The number of hydrogen-bond donors (Lipinski definition) is 5. The predicted octanol–water partition coefficient (Wildman–Crippen LogP) is 1.98. The highest BCUT2D eigenvalue weighted by atomic mass is 32.2. The normalized spacial score (nSPS) is 36.3. The van der Waals surface area contributed by atoms with Gasteiger partial charge in [-0.1, -0.05) is 26.0 Å². The fourth-order valence-corrected chi connectivity index (χ4v) is 6.91. The zero-order valence-electron chi connectivity index (χ0n) is 22.4. The molecule has 0 bridgehead atoms. The van der Waals surface area contributed by atoms with Crippen LogP contribution in [0.25, 0.3) is 0 Å². The number of carboxylic acid groups (broad SMARTS) is 1. The minimum Gasteiger partial charge on any atom is -0.465 e. The van der Waals surface area contributed by atoms with Crippen molar-refractivity contribution < 1.29 is 39.5 Å². The molecule has 0 aromatic rings. The van der Waals surface area contributed by atoms with Gasteiger partial charge in [-0.3, -0.25) is 9.69 Å². The Hall–Kier alpha value is -1.63. The summed E-state index contributed by atoms with van der Waals surface area (Å²) in [6.07, 6.45) is -0.212. The van der Waals surface area contributed by atoms with Crippen molar-refractivity contribution >= 4 is 23.8 Å². The quantitative estimate of drug-likeness (QED) is 0.241. The van der Waals surface area contributed by atoms with Crippen LogP contribution in [0.4, 0.5) is 4.79 Å². The highest BCUT2D eigenvalue weighted by molar-refractivity contribution is 7.99. The Bertz CT molecular complexity index is 829. The van der Waals surface area contributed by atoms with Gasteiger partial charge in [0.1, 0.15) is 35.9 Å². The first-order valence-electron chi connectivity index (χ1n) is 13.5. The van der Waals surface area contributed by atoms with Gasteiger partial charge in [0.05, 0.1) is 12.1 Å². The molecule has 3 fully saturated rings. The molecule has 3 aliphatic heterocycles. The topological polar surface area (TPSA) is 149 Å². The molecule has 3 rings (SSSR count). The summed E-state index contributed by atoms with van der Waals surface area (Å²) in [6.45, 7) is 12.4. The number of aliphatic hydroxyl groups excluding tert-OH is 3. The molecule has 0 saturated carbocycles. The van der Waals surface area contributed by atoms with Crippen LogP contribution < -0.4 is 5.32 Å². The monoisotopic (exact) mass is 556 g/mol. The van der Waals surface area contributed by atoms with Gasteiger partial charge in [0.2, 0.25) is 5.91 Å². The third-order valence-electron chi connectivity index (χ3n) is 7.73. The Morgan fingerprint density at radius 2 is 1.89 bits per heavy atom. The van der Waals surface area contributed by atoms with E-state index in [-0.39, 0.29) is 12.5 Å². The van der Waals surface area contributed by atoms with E-state index in [9.17, 15) is 30.0 Å². The van der Waals surface area contributed by atoms with Gasteiger partial charge in [0, 0.05) is 24.8 Å². The standard InChI is InChI=1S/C27H44N2O8S/c1-5-7-8-18(24-21(31)20(30)22(32)26(37-24)38-11-6-2)28-25(33)19-23-17(14-29(19)27(34)35)13-16(9-10-36-23)12-15(3)4/h5-6,15-24,26,30-32H,1-2,7-14H2,3-4H3,(H,28,33)(H,34,35)/t16-,17-,18?,19-,20-,21+,22+,23+,24+,26+/m0/s1. The van der Waals surface area contributed by atoms with Gasteiger partial charge < -0.3 is 35.2 Å². The smallest absolute Gasteiger partial charge is 0.408 e. The van der Waals surface area contributed by atoms with Gasteiger partial charge in [-0.25, -0.2) is 4.79 Å². The van der Waals surface area contributed by atoms with E-state index in [4.69, 9.17) is 9.47 Å². The molecule has 11 heteroatoms. The second-order valence-corrected chi connectivity index (χ2v) is 12.2. The first-order chi connectivity index (χ1) is 18.1. The number of amides is 2. The highest BCUT2D eigenvalue weighted by Gasteiger charge is 2.52. The van der Waals surface area contributed by atoms with Crippen LogP contribution in [0.3, 0.4) is 0 Å². The third-order valence-corrected chi connectivity index (χ3v) is 8.87. The molecule has 1 unspecified atom stereocenters. The SMILES string of the molecule is C=CCCC(NC(=O)[C@@H]1[C@@H]2OCC[C@@H](CC(C)C)C[C@H]2CN1C(=O)O)[C@H]1O[C@H](SCC=C)[C@H](O)[C@@H](O)[C@H]1O. The lowest BCUT2D eigenvalue weighted by Gasteiger charge is -2.43. The van der Waals surface area contributed by atoms with Crippen LogP contribution >= 0.6 is 11.8 Å². The molecule has 3 saturated heterocycles. The summed E-state index contributed by atoms with van der Waals surface area (Å²) in [4.78, 5) is 27.1. The lowest BCUT2D eigenvalue weighted by molar-refractivity contribution is -0.205. The number of hydrogen-bond acceptors (Lipinski definition) is 8. The molecular weight excluding hydrogens is 512 g/mol. The maximum Gasteiger partial charge on any atom is 0.408 e. The van der Waals surface area contributed by atoms with Crippen LogP contribution in [-0.4, -0.2) is 104 Å². The first-order valence-corrected chi connectivity index (χ1v) is 14.6. The lowest BCUT2D eigenvalue weighted by atomic mass is 9.85. The zero-order chi connectivity index (χ0) is 28.0. The van der Waals surface area contributed by atoms with Crippen LogP contribution in [0.15, 0.2) is 25.3 Å². The lowest BCUT2D eigenvalue weighted by Crippen LogP contribution is -2.64. The number of fused-ring (bicyclic) bond motifs is 1. The van der Waals surface area contributed by atoms with Crippen molar-refractivity contribution in [2.75, 3.05) is 18.9 Å². The molecule has 0 spiro atoms. The molecule has 0 radical (unpaired) electrons. The van der Waals surface area contributed by atoms with E-state index in [1.54, 1.807) is 12.2 Å². The Labute approximate surface area is 229 Å². The van der Waals surface area contributed by atoms with Gasteiger partial charge >= 0.3 is 6.09 Å². The van der Waals surface area contributed by atoms with Crippen molar-refractivity contribution in [3.63, 3.8) is 0 Å². The number of carbonyl (C=O) groups excluding carboxylic acids is 1. The summed E-state index contributed by atoms with van der Waals surface area (Å²) in [5.41, 5.74) is -0.839. The highest BCUT2D eigenvalue weighted by Crippen LogP contribution is 2.38. The average molecular weight is 557 g/mol. The predicted molar refractivity (Wildman–Crippen MR) is 145 cm³/mol.